The number of carbonyl (C=O) groups is 5. The summed E-state index contributed by atoms with van der Waals surface area (Å²) in [4.78, 5) is 74.0. The van der Waals surface area contributed by atoms with E-state index in [-0.39, 0.29) is 102 Å². The van der Waals surface area contributed by atoms with Crippen molar-refractivity contribution in [1.29, 1.82) is 0 Å². The number of carbonyl (C=O) groups excluding carboxylic acids is 5. The van der Waals surface area contributed by atoms with Crippen LogP contribution in [-0.4, -0.2) is 134 Å². The molecule has 1 aliphatic carbocycles. The van der Waals surface area contributed by atoms with Crippen LogP contribution in [0.25, 0.3) is 10.2 Å². The molecule has 3 aliphatic heterocycles. The number of aromatic nitrogens is 1. The first-order valence-corrected chi connectivity index (χ1v) is 28.3. The van der Waals surface area contributed by atoms with Crippen molar-refractivity contribution in [1.82, 2.24) is 31.2 Å². The SMILES string of the molecule is CCC(=O)N[C@@H](Cc1nc2ccc(C(C)C)cc2s1)C(=O)N[C@H](CNC(=O)C1CCN(CCOCCOCCOCCNC(=O)c2ccc3c(c2)C(=O)OC32c3ccc(O)cc3Oc3cc(O)ccc32)CC1)C1CCCCC1. The Hall–Kier alpha value is -6.64. The first kappa shape index (κ1) is 56.1. The summed E-state index contributed by atoms with van der Waals surface area (Å²) >= 11 is 1.56. The van der Waals surface area contributed by atoms with Crippen LogP contribution in [0, 0.1) is 11.8 Å². The topological polar surface area (TPSA) is 236 Å². The molecular weight excluding hydrogens is 1020 g/mol. The molecule has 1 saturated heterocycles. The van der Waals surface area contributed by atoms with Crippen molar-refractivity contribution in [3.8, 4) is 23.0 Å². The van der Waals surface area contributed by atoms with Crippen molar-refractivity contribution in [2.45, 2.75) is 102 Å². The molecule has 416 valence electrons. The summed E-state index contributed by atoms with van der Waals surface area (Å²) in [7, 11) is 0. The van der Waals surface area contributed by atoms with Gasteiger partial charge in [-0.25, -0.2) is 9.78 Å². The second kappa shape index (κ2) is 25.9. The van der Waals surface area contributed by atoms with Crippen LogP contribution in [-0.2, 0) is 45.4 Å². The van der Waals surface area contributed by atoms with Gasteiger partial charge in [0.2, 0.25) is 17.7 Å². The van der Waals surface area contributed by atoms with Crippen LogP contribution in [0.2, 0.25) is 0 Å². The molecule has 1 saturated carbocycles. The largest absolute Gasteiger partial charge is 0.508 e. The van der Waals surface area contributed by atoms with Gasteiger partial charge in [0.15, 0.2) is 5.60 Å². The van der Waals surface area contributed by atoms with Gasteiger partial charge in [0.05, 0.1) is 60.4 Å². The van der Waals surface area contributed by atoms with Gasteiger partial charge in [0.25, 0.3) is 5.91 Å². The molecule has 4 aliphatic rings. The Morgan fingerprint density at radius 3 is 2.13 bits per heavy atom. The number of aromatic hydroxyl groups is 2. The van der Waals surface area contributed by atoms with Gasteiger partial charge >= 0.3 is 5.97 Å². The van der Waals surface area contributed by atoms with Gasteiger partial charge in [-0.05, 0) is 105 Å². The number of piperidine rings is 1. The van der Waals surface area contributed by atoms with E-state index in [1.54, 1.807) is 42.5 Å². The second-order valence-corrected chi connectivity index (χ2v) is 22.0. The lowest BCUT2D eigenvalue weighted by molar-refractivity contribution is -0.130. The number of amides is 4. The number of ether oxygens (including phenoxy) is 5. The van der Waals surface area contributed by atoms with Crippen LogP contribution in [0.4, 0.5) is 0 Å². The highest BCUT2D eigenvalue weighted by Gasteiger charge is 2.54. The fraction of sp³-hybridized carbons (Fsp3) is 0.492. The molecule has 1 aromatic heterocycles. The molecule has 2 fully saturated rings. The standard InChI is InChI=1S/C59H72N6O12S/c1-4-53(68)62-48(34-54-63-47-17-11-39(36(2)3)31-52(47)78-54)57(71)64-49(37-8-6-5-7-9-37)35-61-55(69)38-18-21-65(22-19-38)23-25-74-27-29-75-28-26-73-24-20-60-56(70)40-10-14-44-43(30-40)58(72)77-59(44)45-15-12-41(66)32-50(45)76-51-33-42(67)13-16-46(51)59/h10-17,30-33,36-38,48-49,66-67H,4-9,18-29,34-35H2,1-3H3,(H,60,70)(H,61,69)(H,62,68)(H,64,71)/t48-,49+/m0/s1. The van der Waals surface area contributed by atoms with Crippen molar-refractivity contribution >= 4 is 51.2 Å². The maximum atomic E-state index is 14.1. The van der Waals surface area contributed by atoms with E-state index >= 15 is 0 Å². The maximum absolute atomic E-state index is 14.1. The van der Waals surface area contributed by atoms with Gasteiger partial charge in [0, 0.05) is 78.8 Å². The normalized spacial score (nSPS) is 16.9. The van der Waals surface area contributed by atoms with Crippen LogP contribution in [0.1, 0.15) is 126 Å². The fourth-order valence-corrected chi connectivity index (χ4v) is 12.0. The number of likely N-dealkylation sites (tertiary alicyclic amines) is 1. The summed E-state index contributed by atoms with van der Waals surface area (Å²) in [6.45, 7) is 11.3. The van der Waals surface area contributed by atoms with Crippen LogP contribution >= 0.6 is 11.3 Å². The average molecular weight is 1090 g/mol. The quantitative estimate of drug-likeness (QED) is 0.0265. The van der Waals surface area contributed by atoms with Crippen molar-refractivity contribution < 1.29 is 57.9 Å². The maximum Gasteiger partial charge on any atom is 0.340 e. The molecule has 4 amide bonds. The highest BCUT2D eigenvalue weighted by atomic mass is 32.1. The zero-order valence-electron chi connectivity index (χ0n) is 44.7. The van der Waals surface area contributed by atoms with Gasteiger partial charge in [0.1, 0.15) is 29.0 Å². The molecule has 78 heavy (non-hydrogen) atoms. The molecule has 9 rings (SSSR count). The van der Waals surface area contributed by atoms with Crippen molar-refractivity contribution in [3.05, 3.63) is 111 Å². The molecule has 0 radical (unpaired) electrons. The first-order valence-electron chi connectivity index (χ1n) is 27.5. The van der Waals surface area contributed by atoms with E-state index in [9.17, 15) is 34.2 Å². The Kier molecular flexibility index (Phi) is 18.6. The van der Waals surface area contributed by atoms with Crippen LogP contribution in [0.5, 0.6) is 23.0 Å². The second-order valence-electron chi connectivity index (χ2n) is 20.9. The fourth-order valence-electron chi connectivity index (χ4n) is 11.0. The molecule has 18 nitrogen and oxygen atoms in total. The van der Waals surface area contributed by atoms with Crippen LogP contribution < -0.4 is 26.0 Å². The summed E-state index contributed by atoms with van der Waals surface area (Å²) in [5, 5.41) is 33.4. The van der Waals surface area contributed by atoms with E-state index in [1.165, 1.54) is 35.9 Å². The van der Waals surface area contributed by atoms with Crippen LogP contribution in [0.15, 0.2) is 72.8 Å². The number of thiazole rings is 1. The van der Waals surface area contributed by atoms with E-state index in [0.29, 0.717) is 62.2 Å². The minimum atomic E-state index is -1.41. The highest BCUT2D eigenvalue weighted by Crippen LogP contribution is 2.57. The van der Waals surface area contributed by atoms with Gasteiger partial charge in [-0.1, -0.05) is 52.2 Å². The van der Waals surface area contributed by atoms with Crippen molar-refractivity contribution in [2.24, 2.45) is 11.8 Å². The summed E-state index contributed by atoms with van der Waals surface area (Å²) in [6, 6.07) is 19.1. The molecule has 6 N–H and O–H groups in total. The smallest absolute Gasteiger partial charge is 0.340 e. The number of hydrogen-bond donors (Lipinski definition) is 6. The Balaban J connectivity index is 0.641. The number of esters is 1. The van der Waals surface area contributed by atoms with E-state index < -0.39 is 17.6 Å². The monoisotopic (exact) mass is 1090 g/mol. The molecule has 0 unspecified atom stereocenters. The van der Waals surface area contributed by atoms with E-state index in [1.807, 2.05) is 6.07 Å². The first-order chi connectivity index (χ1) is 37.8. The zero-order valence-corrected chi connectivity index (χ0v) is 45.6. The van der Waals surface area contributed by atoms with Gasteiger partial charge in [-0.3, -0.25) is 19.2 Å². The third-order valence-corrected chi connectivity index (χ3v) is 16.4. The molecule has 4 heterocycles. The number of phenolic OH excluding ortho intramolecular Hbond substituents is 2. The van der Waals surface area contributed by atoms with E-state index in [0.717, 1.165) is 79.8 Å². The number of nitrogens with zero attached hydrogens (tertiary/aromatic N) is 2. The molecule has 1 spiro atoms. The molecule has 4 aromatic carbocycles. The molecule has 5 aromatic rings. The minimum absolute atomic E-state index is 0.0136. The Morgan fingerprint density at radius 1 is 0.782 bits per heavy atom. The van der Waals surface area contributed by atoms with Gasteiger partial charge in [-0.2, -0.15) is 0 Å². The predicted octanol–water partition coefficient (Wildman–Crippen LogP) is 7.21. The summed E-state index contributed by atoms with van der Waals surface area (Å²) in [6.07, 6.45) is 7.31. The molecule has 2 atom stereocenters. The van der Waals surface area contributed by atoms with Crippen LogP contribution in [0.3, 0.4) is 0 Å². The van der Waals surface area contributed by atoms with Gasteiger partial charge in [-0.15, -0.1) is 11.3 Å². The van der Waals surface area contributed by atoms with Crippen molar-refractivity contribution in [3.63, 3.8) is 0 Å². The molecule has 0 bridgehead atoms. The number of rotatable bonds is 24. The summed E-state index contributed by atoms with van der Waals surface area (Å²) in [5.74, 6) is -0.486. The lowest BCUT2D eigenvalue weighted by atomic mass is 9.77. The predicted molar refractivity (Wildman–Crippen MR) is 293 cm³/mol. The third kappa shape index (κ3) is 13.3. The number of fused-ring (bicyclic) bond motifs is 7. The van der Waals surface area contributed by atoms with Gasteiger partial charge < -0.3 is 60.1 Å². The summed E-state index contributed by atoms with van der Waals surface area (Å²) < 4.78 is 30.4. The minimum Gasteiger partial charge on any atom is -0.508 e. The van der Waals surface area contributed by atoms with E-state index in [4.69, 9.17) is 28.7 Å². The third-order valence-electron chi connectivity index (χ3n) is 15.3. The van der Waals surface area contributed by atoms with E-state index in [2.05, 4.69) is 52.1 Å². The number of phenols is 2. The highest BCUT2D eigenvalue weighted by molar-refractivity contribution is 7.18. The lowest BCUT2D eigenvalue weighted by Crippen LogP contribution is -2.55. The summed E-state index contributed by atoms with van der Waals surface area (Å²) in [5.41, 5.74) is 2.68. The Morgan fingerprint density at radius 2 is 1.45 bits per heavy atom. The lowest BCUT2D eigenvalue weighted by Gasteiger charge is -2.36. The number of hydrogen-bond acceptors (Lipinski definition) is 15. The number of nitrogens with one attached hydrogen (secondary N) is 4. The molecular formula is C59H72N6O12S. The zero-order chi connectivity index (χ0) is 54.8. The average Bonchev–Trinajstić information content (AvgIpc) is 3.99. The molecule has 19 heteroatoms. The Labute approximate surface area is 458 Å². The number of benzene rings is 4. The Bertz CT molecular complexity index is 2900. The van der Waals surface area contributed by atoms with Crippen molar-refractivity contribution in [2.75, 3.05) is 72.4 Å².